The summed E-state index contributed by atoms with van der Waals surface area (Å²) in [6.45, 7) is 3.99. The number of ether oxygens (including phenoxy) is 2. The van der Waals surface area contributed by atoms with Crippen LogP contribution in [-0.2, 0) is 4.79 Å². The van der Waals surface area contributed by atoms with E-state index in [0.29, 0.717) is 12.2 Å². The largest absolute Gasteiger partial charge is 0.497 e. The van der Waals surface area contributed by atoms with E-state index in [1.54, 1.807) is 13.4 Å². The van der Waals surface area contributed by atoms with Gasteiger partial charge in [-0.15, -0.1) is 0 Å². The highest BCUT2D eigenvalue weighted by molar-refractivity contribution is 5.94. The normalized spacial score (nSPS) is 15.9. The van der Waals surface area contributed by atoms with Gasteiger partial charge in [-0.25, -0.2) is 4.98 Å². The number of nitrogens with zero attached hydrogens (tertiary/aromatic N) is 2. The van der Waals surface area contributed by atoms with Crippen molar-refractivity contribution in [2.45, 2.75) is 32.3 Å². The van der Waals surface area contributed by atoms with Gasteiger partial charge in [-0.3, -0.25) is 9.36 Å². The van der Waals surface area contributed by atoms with Gasteiger partial charge in [0.25, 0.3) is 0 Å². The van der Waals surface area contributed by atoms with Gasteiger partial charge in [0.1, 0.15) is 23.6 Å². The number of methoxy groups -OCH3 is 1. The molecule has 1 aliphatic heterocycles. The second kappa shape index (κ2) is 7.38. The second-order valence-corrected chi connectivity index (χ2v) is 7.09. The molecule has 28 heavy (non-hydrogen) atoms. The Bertz CT molecular complexity index is 975. The van der Waals surface area contributed by atoms with E-state index in [9.17, 15) is 4.79 Å². The van der Waals surface area contributed by atoms with Gasteiger partial charge in [-0.2, -0.15) is 0 Å². The summed E-state index contributed by atoms with van der Waals surface area (Å²) in [4.78, 5) is 17.0. The zero-order valence-corrected chi connectivity index (χ0v) is 16.2. The Morgan fingerprint density at radius 3 is 2.39 bits per heavy atom. The van der Waals surface area contributed by atoms with Crippen molar-refractivity contribution in [1.29, 1.82) is 0 Å². The van der Waals surface area contributed by atoms with Crippen LogP contribution in [-0.4, -0.2) is 28.7 Å². The standard InChI is InChI=1S/C22H23N3O3/c1-14(2)28-18-8-4-15(5-9-18)19-12-20(26)24-22-21(19)23-13-25(22)16-6-10-17(27-3)11-7-16/h4-11,13-14,19H,12H2,1-3H3,(H,24,26)/t19-/m1/s1. The van der Waals surface area contributed by atoms with E-state index in [1.807, 2.05) is 66.9 Å². The number of carbonyl (C=O) groups excluding carboxylic acids is 1. The van der Waals surface area contributed by atoms with Crippen LogP contribution in [0.4, 0.5) is 5.82 Å². The minimum Gasteiger partial charge on any atom is -0.497 e. The maximum Gasteiger partial charge on any atom is 0.226 e. The van der Waals surface area contributed by atoms with E-state index in [0.717, 1.165) is 28.4 Å². The highest BCUT2D eigenvalue weighted by Gasteiger charge is 2.31. The topological polar surface area (TPSA) is 65.4 Å². The molecule has 6 nitrogen and oxygen atoms in total. The molecule has 1 aliphatic rings. The summed E-state index contributed by atoms with van der Waals surface area (Å²) in [6.07, 6.45) is 2.25. The smallest absolute Gasteiger partial charge is 0.226 e. The SMILES string of the molecule is COc1ccc(-n2cnc3c2NC(=O)C[C@@H]3c2ccc(OC(C)C)cc2)cc1. The number of aromatic nitrogens is 2. The van der Waals surface area contributed by atoms with E-state index < -0.39 is 0 Å². The number of carbonyl (C=O) groups is 1. The van der Waals surface area contributed by atoms with E-state index in [1.165, 1.54) is 0 Å². The lowest BCUT2D eigenvalue weighted by atomic mass is 9.90. The maximum atomic E-state index is 12.4. The first-order valence-electron chi connectivity index (χ1n) is 9.33. The molecule has 1 atom stereocenters. The van der Waals surface area contributed by atoms with Crippen molar-refractivity contribution in [1.82, 2.24) is 9.55 Å². The van der Waals surface area contributed by atoms with Gasteiger partial charge in [0.05, 0.1) is 18.9 Å². The molecule has 0 unspecified atom stereocenters. The monoisotopic (exact) mass is 377 g/mol. The van der Waals surface area contributed by atoms with Crippen LogP contribution in [0.1, 0.15) is 37.4 Å². The molecular formula is C22H23N3O3. The summed E-state index contributed by atoms with van der Waals surface area (Å²) in [5.41, 5.74) is 2.83. The molecule has 4 rings (SSSR count). The molecule has 1 amide bonds. The number of benzene rings is 2. The Kier molecular flexibility index (Phi) is 4.77. The first kappa shape index (κ1) is 18.1. The number of amides is 1. The molecule has 3 aromatic rings. The third-order valence-corrected chi connectivity index (χ3v) is 4.78. The fourth-order valence-electron chi connectivity index (χ4n) is 3.47. The summed E-state index contributed by atoms with van der Waals surface area (Å²) in [6, 6.07) is 15.6. The number of hydrogen-bond donors (Lipinski definition) is 1. The highest BCUT2D eigenvalue weighted by atomic mass is 16.5. The number of nitrogens with one attached hydrogen (secondary N) is 1. The molecule has 2 aromatic carbocycles. The summed E-state index contributed by atoms with van der Waals surface area (Å²) >= 11 is 0. The Hall–Kier alpha value is -3.28. The van der Waals surface area contributed by atoms with E-state index in [4.69, 9.17) is 9.47 Å². The van der Waals surface area contributed by atoms with Crippen LogP contribution in [0.25, 0.3) is 5.69 Å². The van der Waals surface area contributed by atoms with Crippen molar-refractivity contribution in [3.63, 3.8) is 0 Å². The Morgan fingerprint density at radius 2 is 1.75 bits per heavy atom. The zero-order valence-electron chi connectivity index (χ0n) is 16.2. The number of rotatable bonds is 5. The van der Waals surface area contributed by atoms with Crippen LogP contribution in [0.5, 0.6) is 11.5 Å². The number of anilines is 1. The lowest BCUT2D eigenvalue weighted by Crippen LogP contribution is -2.24. The zero-order chi connectivity index (χ0) is 19.7. The molecule has 0 bridgehead atoms. The van der Waals surface area contributed by atoms with Gasteiger partial charge in [0.15, 0.2) is 0 Å². The van der Waals surface area contributed by atoms with Crippen LogP contribution in [0, 0.1) is 0 Å². The fourth-order valence-corrected chi connectivity index (χ4v) is 3.47. The van der Waals surface area contributed by atoms with Crippen molar-refractivity contribution >= 4 is 11.7 Å². The Balaban J connectivity index is 1.68. The van der Waals surface area contributed by atoms with Gasteiger partial charge in [0, 0.05) is 18.0 Å². The molecular weight excluding hydrogens is 354 g/mol. The van der Waals surface area contributed by atoms with Crippen molar-refractivity contribution in [2.24, 2.45) is 0 Å². The lowest BCUT2D eigenvalue weighted by Gasteiger charge is -2.23. The van der Waals surface area contributed by atoms with Crippen molar-refractivity contribution in [3.05, 3.63) is 66.1 Å². The summed E-state index contributed by atoms with van der Waals surface area (Å²) in [7, 11) is 1.64. The minimum absolute atomic E-state index is 0.0183. The minimum atomic E-state index is -0.0867. The number of hydrogen-bond acceptors (Lipinski definition) is 4. The molecule has 6 heteroatoms. The van der Waals surface area contributed by atoms with Crippen LogP contribution in [0.15, 0.2) is 54.9 Å². The first-order valence-corrected chi connectivity index (χ1v) is 9.33. The predicted octanol–water partition coefficient (Wildman–Crippen LogP) is 4.14. The van der Waals surface area contributed by atoms with Crippen LogP contribution < -0.4 is 14.8 Å². The van der Waals surface area contributed by atoms with Gasteiger partial charge in [0.2, 0.25) is 5.91 Å². The molecule has 0 saturated carbocycles. The Morgan fingerprint density at radius 1 is 1.07 bits per heavy atom. The summed E-state index contributed by atoms with van der Waals surface area (Å²) in [5, 5.41) is 2.98. The first-order chi connectivity index (χ1) is 13.5. The molecule has 1 aromatic heterocycles. The van der Waals surface area contributed by atoms with Gasteiger partial charge < -0.3 is 14.8 Å². The van der Waals surface area contributed by atoms with E-state index in [-0.39, 0.29) is 17.9 Å². The molecule has 0 spiro atoms. The van der Waals surface area contributed by atoms with Gasteiger partial charge in [-0.1, -0.05) is 12.1 Å². The third kappa shape index (κ3) is 3.45. The molecule has 144 valence electrons. The molecule has 0 saturated heterocycles. The van der Waals surface area contributed by atoms with Gasteiger partial charge >= 0.3 is 0 Å². The van der Waals surface area contributed by atoms with E-state index in [2.05, 4.69) is 10.3 Å². The summed E-state index contributed by atoms with van der Waals surface area (Å²) < 4.78 is 12.8. The molecule has 0 radical (unpaired) electrons. The summed E-state index contributed by atoms with van der Waals surface area (Å²) in [5.74, 6) is 2.21. The van der Waals surface area contributed by atoms with E-state index >= 15 is 0 Å². The molecule has 0 fully saturated rings. The fraction of sp³-hybridized carbons (Fsp3) is 0.273. The number of fused-ring (bicyclic) bond motifs is 1. The molecule has 2 heterocycles. The highest BCUT2D eigenvalue weighted by Crippen LogP contribution is 2.37. The quantitative estimate of drug-likeness (QED) is 0.726. The van der Waals surface area contributed by atoms with Crippen molar-refractivity contribution in [2.75, 3.05) is 12.4 Å². The maximum absolute atomic E-state index is 12.4. The van der Waals surface area contributed by atoms with Gasteiger partial charge in [-0.05, 0) is 55.8 Å². The Labute approximate surface area is 164 Å². The molecule has 0 aliphatic carbocycles. The second-order valence-electron chi connectivity index (χ2n) is 7.09. The average molecular weight is 377 g/mol. The van der Waals surface area contributed by atoms with Crippen molar-refractivity contribution < 1.29 is 14.3 Å². The van der Waals surface area contributed by atoms with Crippen LogP contribution in [0.2, 0.25) is 0 Å². The van der Waals surface area contributed by atoms with Crippen molar-refractivity contribution in [3.8, 4) is 17.2 Å². The lowest BCUT2D eigenvalue weighted by molar-refractivity contribution is -0.116. The van der Waals surface area contributed by atoms with Crippen LogP contribution in [0.3, 0.4) is 0 Å². The predicted molar refractivity (Wildman–Crippen MR) is 107 cm³/mol. The number of imidazole rings is 1. The van der Waals surface area contributed by atoms with Crippen LogP contribution >= 0.6 is 0 Å². The average Bonchev–Trinajstić information content (AvgIpc) is 3.11. The third-order valence-electron chi connectivity index (χ3n) is 4.78. The molecule has 1 N–H and O–H groups in total.